The fraction of sp³-hybridized carbons (Fsp3) is 0.500. The fourth-order valence-corrected chi connectivity index (χ4v) is 1.70. The molecule has 0 aliphatic carbocycles. The topological polar surface area (TPSA) is 84.9 Å². The Balaban J connectivity index is 2.43. The van der Waals surface area contributed by atoms with E-state index < -0.39 is 18.1 Å². The third-order valence-corrected chi connectivity index (χ3v) is 2.95. The molecule has 1 unspecified atom stereocenters. The lowest BCUT2D eigenvalue weighted by Crippen LogP contribution is -2.42. The summed E-state index contributed by atoms with van der Waals surface area (Å²) < 4.78 is 10.1. The van der Waals surface area contributed by atoms with Gasteiger partial charge < -0.3 is 19.9 Å². The van der Waals surface area contributed by atoms with Gasteiger partial charge >= 0.3 is 12.1 Å². The maximum Gasteiger partial charge on any atom is 0.407 e. The van der Waals surface area contributed by atoms with Gasteiger partial charge in [-0.1, -0.05) is 43.7 Å². The predicted molar refractivity (Wildman–Crippen MR) is 81.1 cm³/mol. The Morgan fingerprint density at radius 1 is 1.23 bits per heavy atom. The van der Waals surface area contributed by atoms with Crippen LogP contribution in [0.15, 0.2) is 30.3 Å². The van der Waals surface area contributed by atoms with Crippen molar-refractivity contribution in [2.24, 2.45) is 0 Å². The van der Waals surface area contributed by atoms with Gasteiger partial charge in [-0.25, -0.2) is 9.59 Å². The number of rotatable bonds is 9. The van der Waals surface area contributed by atoms with E-state index in [0.29, 0.717) is 6.61 Å². The van der Waals surface area contributed by atoms with E-state index in [9.17, 15) is 9.59 Å². The van der Waals surface area contributed by atoms with E-state index in [1.54, 1.807) is 0 Å². The third-order valence-electron chi connectivity index (χ3n) is 2.95. The molecule has 1 aromatic rings. The van der Waals surface area contributed by atoms with Crippen molar-refractivity contribution in [1.29, 1.82) is 0 Å². The minimum absolute atomic E-state index is 0.0799. The standard InChI is InChI=1S/C16H23NO5/c1-2-3-11-21-16(20)17-14(9-10-18)15(19)22-12-13-7-5-4-6-8-13/h4-8,14,18H,2-3,9-12H2,1H3,(H,17,20). The zero-order chi connectivity index (χ0) is 16.2. The zero-order valence-electron chi connectivity index (χ0n) is 12.8. The number of esters is 1. The van der Waals surface area contributed by atoms with Crippen molar-refractivity contribution in [3.05, 3.63) is 35.9 Å². The molecule has 1 rings (SSSR count). The number of nitrogens with one attached hydrogen (secondary N) is 1. The number of hydrogen-bond donors (Lipinski definition) is 2. The number of aliphatic hydroxyl groups is 1. The van der Waals surface area contributed by atoms with Gasteiger partial charge in [0.15, 0.2) is 0 Å². The summed E-state index contributed by atoms with van der Waals surface area (Å²) in [6.07, 6.45) is 1.07. The molecular weight excluding hydrogens is 286 g/mol. The van der Waals surface area contributed by atoms with E-state index in [1.807, 2.05) is 37.3 Å². The van der Waals surface area contributed by atoms with E-state index in [2.05, 4.69) is 5.32 Å². The van der Waals surface area contributed by atoms with Gasteiger partial charge in [0.2, 0.25) is 0 Å². The number of carbonyl (C=O) groups is 2. The van der Waals surface area contributed by atoms with E-state index in [1.165, 1.54) is 0 Å². The number of ether oxygens (including phenoxy) is 2. The lowest BCUT2D eigenvalue weighted by atomic mass is 10.2. The van der Waals surface area contributed by atoms with Crippen LogP contribution in [0.5, 0.6) is 0 Å². The molecule has 2 N–H and O–H groups in total. The molecule has 0 bridgehead atoms. The molecule has 0 aliphatic rings. The second-order valence-electron chi connectivity index (χ2n) is 4.79. The van der Waals surface area contributed by atoms with Crippen molar-refractivity contribution in [1.82, 2.24) is 5.32 Å². The molecule has 22 heavy (non-hydrogen) atoms. The van der Waals surface area contributed by atoms with Gasteiger partial charge in [0, 0.05) is 13.0 Å². The number of alkyl carbamates (subject to hydrolysis) is 1. The van der Waals surface area contributed by atoms with Gasteiger partial charge in [-0.15, -0.1) is 0 Å². The Morgan fingerprint density at radius 3 is 2.59 bits per heavy atom. The van der Waals surface area contributed by atoms with Crippen molar-refractivity contribution in [2.45, 2.75) is 38.8 Å². The Bertz CT molecular complexity index is 449. The molecule has 0 fully saturated rings. The highest BCUT2D eigenvalue weighted by Crippen LogP contribution is 2.04. The van der Waals surface area contributed by atoms with Crippen LogP contribution in [0, 0.1) is 0 Å². The van der Waals surface area contributed by atoms with Crippen molar-refractivity contribution >= 4 is 12.1 Å². The maximum absolute atomic E-state index is 12.0. The normalized spacial score (nSPS) is 11.5. The van der Waals surface area contributed by atoms with Gasteiger partial charge in [0.05, 0.1) is 6.61 Å². The molecule has 0 aromatic heterocycles. The van der Waals surface area contributed by atoms with Gasteiger partial charge in [0.25, 0.3) is 0 Å². The summed E-state index contributed by atoms with van der Waals surface area (Å²) in [5, 5.41) is 11.4. The first-order valence-electron chi connectivity index (χ1n) is 7.42. The van der Waals surface area contributed by atoms with Crippen LogP contribution in [0.4, 0.5) is 4.79 Å². The molecule has 6 heteroatoms. The molecule has 122 valence electrons. The van der Waals surface area contributed by atoms with Crippen LogP contribution >= 0.6 is 0 Å². The average Bonchev–Trinajstić information content (AvgIpc) is 2.53. The molecule has 0 spiro atoms. The second kappa shape index (κ2) is 10.6. The first-order chi connectivity index (χ1) is 10.7. The quantitative estimate of drug-likeness (QED) is 0.538. The van der Waals surface area contributed by atoms with Crippen LogP contribution in [0.2, 0.25) is 0 Å². The van der Waals surface area contributed by atoms with Crippen molar-refractivity contribution in [2.75, 3.05) is 13.2 Å². The molecule has 0 saturated heterocycles. The maximum atomic E-state index is 12.0. The molecule has 1 atom stereocenters. The van der Waals surface area contributed by atoms with Crippen LogP contribution in [-0.2, 0) is 20.9 Å². The van der Waals surface area contributed by atoms with Gasteiger partial charge in [-0.05, 0) is 12.0 Å². The fourth-order valence-electron chi connectivity index (χ4n) is 1.70. The van der Waals surface area contributed by atoms with Crippen LogP contribution < -0.4 is 5.32 Å². The Hall–Kier alpha value is -2.08. The molecule has 0 heterocycles. The molecule has 6 nitrogen and oxygen atoms in total. The first kappa shape index (κ1) is 18.0. The Kier molecular flexibility index (Phi) is 8.67. The number of unbranched alkanes of at least 4 members (excludes halogenated alkanes) is 1. The number of hydrogen-bond acceptors (Lipinski definition) is 5. The monoisotopic (exact) mass is 309 g/mol. The van der Waals surface area contributed by atoms with Gasteiger partial charge in [-0.2, -0.15) is 0 Å². The average molecular weight is 309 g/mol. The lowest BCUT2D eigenvalue weighted by Gasteiger charge is -2.16. The van der Waals surface area contributed by atoms with Crippen LogP contribution in [0.3, 0.4) is 0 Å². The smallest absolute Gasteiger partial charge is 0.407 e. The Labute approximate surface area is 130 Å². The van der Waals surface area contributed by atoms with Gasteiger partial charge in [-0.3, -0.25) is 0 Å². The van der Waals surface area contributed by atoms with E-state index in [4.69, 9.17) is 14.6 Å². The van der Waals surface area contributed by atoms with Gasteiger partial charge in [0.1, 0.15) is 12.6 Å². The molecule has 1 aromatic carbocycles. The summed E-state index contributed by atoms with van der Waals surface area (Å²) in [5.74, 6) is -0.592. The molecule has 1 amide bonds. The highest BCUT2D eigenvalue weighted by molar-refractivity contribution is 5.81. The van der Waals surface area contributed by atoms with Crippen LogP contribution in [0.1, 0.15) is 31.7 Å². The van der Waals surface area contributed by atoms with E-state index >= 15 is 0 Å². The summed E-state index contributed by atoms with van der Waals surface area (Å²) in [6.45, 7) is 2.17. The second-order valence-corrected chi connectivity index (χ2v) is 4.79. The Morgan fingerprint density at radius 2 is 1.95 bits per heavy atom. The van der Waals surface area contributed by atoms with E-state index in [0.717, 1.165) is 18.4 Å². The largest absolute Gasteiger partial charge is 0.459 e. The van der Waals surface area contributed by atoms with Crippen LogP contribution in [-0.4, -0.2) is 36.4 Å². The molecular formula is C16H23NO5. The summed E-state index contributed by atoms with van der Waals surface area (Å²) in [7, 11) is 0. The van der Waals surface area contributed by atoms with Crippen molar-refractivity contribution in [3.8, 4) is 0 Å². The molecule has 0 saturated carbocycles. The summed E-state index contributed by atoms with van der Waals surface area (Å²) >= 11 is 0. The molecule has 0 radical (unpaired) electrons. The van der Waals surface area contributed by atoms with Crippen molar-refractivity contribution < 1.29 is 24.2 Å². The predicted octanol–water partition coefficient (Wildman–Crippen LogP) is 2.01. The SMILES string of the molecule is CCCCOC(=O)NC(CCO)C(=O)OCc1ccccc1. The highest BCUT2D eigenvalue weighted by atomic mass is 16.6. The highest BCUT2D eigenvalue weighted by Gasteiger charge is 2.22. The minimum atomic E-state index is -0.914. The summed E-state index contributed by atoms with van der Waals surface area (Å²) in [4.78, 5) is 23.5. The number of aliphatic hydroxyl groups excluding tert-OH is 1. The minimum Gasteiger partial charge on any atom is -0.459 e. The third kappa shape index (κ3) is 7.08. The number of amides is 1. The number of carbonyl (C=O) groups excluding carboxylic acids is 2. The van der Waals surface area contributed by atoms with E-state index in [-0.39, 0.29) is 19.6 Å². The summed E-state index contributed by atoms with van der Waals surface area (Å²) in [6, 6.07) is 8.31. The van der Waals surface area contributed by atoms with Crippen LogP contribution in [0.25, 0.3) is 0 Å². The van der Waals surface area contributed by atoms with Crippen molar-refractivity contribution in [3.63, 3.8) is 0 Å². The summed E-state index contributed by atoms with van der Waals surface area (Å²) in [5.41, 5.74) is 0.851. The lowest BCUT2D eigenvalue weighted by molar-refractivity contribution is -0.147. The first-order valence-corrected chi connectivity index (χ1v) is 7.42. The number of benzene rings is 1. The molecule has 0 aliphatic heterocycles. The zero-order valence-corrected chi connectivity index (χ0v) is 12.8.